The Morgan fingerprint density at radius 3 is 2.36 bits per heavy atom. The SMILES string of the molecule is C=C(C)c1cccc(C(C)(C)NC(=O)Nc2ccc(C(=O)OCCC)cc2)c1. The number of hydrogen-bond donors (Lipinski definition) is 2. The lowest BCUT2D eigenvalue weighted by Gasteiger charge is -2.27. The molecule has 5 heteroatoms. The predicted octanol–water partition coefficient (Wildman–Crippen LogP) is 5.34. The summed E-state index contributed by atoms with van der Waals surface area (Å²) in [4.78, 5) is 24.3. The summed E-state index contributed by atoms with van der Waals surface area (Å²) in [6.07, 6.45) is 0.774. The van der Waals surface area contributed by atoms with Crippen LogP contribution in [0.5, 0.6) is 0 Å². The van der Waals surface area contributed by atoms with Gasteiger partial charge < -0.3 is 15.4 Å². The molecule has 0 unspecified atom stereocenters. The third-order valence-electron chi connectivity index (χ3n) is 4.32. The molecule has 148 valence electrons. The summed E-state index contributed by atoms with van der Waals surface area (Å²) >= 11 is 0. The van der Waals surface area contributed by atoms with E-state index >= 15 is 0 Å². The fourth-order valence-electron chi connectivity index (χ4n) is 2.66. The molecule has 2 rings (SSSR count). The van der Waals surface area contributed by atoms with Crippen LogP contribution in [0.15, 0.2) is 55.1 Å². The van der Waals surface area contributed by atoms with Crippen LogP contribution in [0.3, 0.4) is 0 Å². The molecule has 2 aromatic carbocycles. The molecule has 0 spiro atoms. The van der Waals surface area contributed by atoms with Crippen molar-refractivity contribution in [2.75, 3.05) is 11.9 Å². The van der Waals surface area contributed by atoms with Crippen molar-refractivity contribution in [3.63, 3.8) is 0 Å². The van der Waals surface area contributed by atoms with E-state index in [-0.39, 0.29) is 12.0 Å². The van der Waals surface area contributed by atoms with Gasteiger partial charge in [0.1, 0.15) is 0 Å². The first kappa shape index (κ1) is 21.2. The smallest absolute Gasteiger partial charge is 0.338 e. The fourth-order valence-corrected chi connectivity index (χ4v) is 2.66. The number of amides is 2. The topological polar surface area (TPSA) is 67.4 Å². The van der Waals surface area contributed by atoms with Crippen molar-refractivity contribution >= 4 is 23.3 Å². The van der Waals surface area contributed by atoms with E-state index in [4.69, 9.17) is 4.74 Å². The van der Waals surface area contributed by atoms with Gasteiger partial charge in [-0.15, -0.1) is 0 Å². The number of benzene rings is 2. The zero-order valence-electron chi connectivity index (χ0n) is 17.0. The van der Waals surface area contributed by atoms with Gasteiger partial charge >= 0.3 is 12.0 Å². The second kappa shape index (κ2) is 9.22. The number of rotatable bonds is 7. The first-order valence-electron chi connectivity index (χ1n) is 9.35. The number of nitrogens with one attached hydrogen (secondary N) is 2. The number of urea groups is 1. The van der Waals surface area contributed by atoms with E-state index in [9.17, 15) is 9.59 Å². The lowest BCUT2D eigenvalue weighted by molar-refractivity contribution is 0.0505. The zero-order chi connectivity index (χ0) is 20.7. The van der Waals surface area contributed by atoms with E-state index in [0.717, 1.165) is 23.1 Å². The molecule has 0 fully saturated rings. The van der Waals surface area contributed by atoms with E-state index in [1.165, 1.54) is 0 Å². The molecule has 28 heavy (non-hydrogen) atoms. The fraction of sp³-hybridized carbons (Fsp3) is 0.304. The summed E-state index contributed by atoms with van der Waals surface area (Å²) in [7, 11) is 0. The molecule has 0 bridgehead atoms. The average Bonchev–Trinajstić information content (AvgIpc) is 2.66. The van der Waals surface area contributed by atoms with Crippen LogP contribution in [0, 0.1) is 0 Å². The van der Waals surface area contributed by atoms with Crippen LogP contribution in [-0.2, 0) is 10.3 Å². The maximum atomic E-state index is 12.4. The highest BCUT2D eigenvalue weighted by Gasteiger charge is 2.23. The highest BCUT2D eigenvalue weighted by Crippen LogP contribution is 2.23. The number of carbonyl (C=O) groups excluding carboxylic acids is 2. The second-order valence-electron chi connectivity index (χ2n) is 7.28. The Kier molecular flexibility index (Phi) is 6.99. The van der Waals surface area contributed by atoms with Crippen molar-refractivity contribution in [3.8, 4) is 0 Å². The third kappa shape index (κ3) is 5.71. The highest BCUT2D eigenvalue weighted by molar-refractivity contribution is 5.92. The largest absolute Gasteiger partial charge is 0.462 e. The van der Waals surface area contributed by atoms with Gasteiger partial charge in [-0.2, -0.15) is 0 Å². The summed E-state index contributed by atoms with van der Waals surface area (Å²) in [6, 6.07) is 14.2. The van der Waals surface area contributed by atoms with E-state index in [2.05, 4.69) is 17.2 Å². The van der Waals surface area contributed by atoms with Crippen LogP contribution in [0.4, 0.5) is 10.5 Å². The van der Waals surface area contributed by atoms with Crippen molar-refractivity contribution in [1.82, 2.24) is 5.32 Å². The van der Waals surface area contributed by atoms with E-state index < -0.39 is 5.54 Å². The Morgan fingerprint density at radius 1 is 1.07 bits per heavy atom. The van der Waals surface area contributed by atoms with Crippen molar-refractivity contribution in [3.05, 3.63) is 71.8 Å². The van der Waals surface area contributed by atoms with Gasteiger partial charge in [-0.3, -0.25) is 0 Å². The molecule has 0 atom stereocenters. The molecule has 0 aromatic heterocycles. The molecule has 2 N–H and O–H groups in total. The van der Waals surface area contributed by atoms with Gasteiger partial charge in [-0.1, -0.05) is 37.3 Å². The lowest BCUT2D eigenvalue weighted by atomic mass is 9.92. The van der Waals surface area contributed by atoms with Crippen LogP contribution in [0.2, 0.25) is 0 Å². The number of esters is 1. The van der Waals surface area contributed by atoms with Crippen LogP contribution < -0.4 is 10.6 Å². The minimum atomic E-state index is -0.570. The molecule has 2 amide bonds. The maximum Gasteiger partial charge on any atom is 0.338 e. The van der Waals surface area contributed by atoms with Gasteiger partial charge in [-0.25, -0.2) is 9.59 Å². The van der Waals surface area contributed by atoms with Gasteiger partial charge in [0.15, 0.2) is 0 Å². The van der Waals surface area contributed by atoms with Crippen molar-refractivity contribution in [1.29, 1.82) is 0 Å². The molecular weight excluding hydrogens is 352 g/mol. The zero-order valence-corrected chi connectivity index (χ0v) is 17.0. The van der Waals surface area contributed by atoms with Crippen LogP contribution in [-0.4, -0.2) is 18.6 Å². The van der Waals surface area contributed by atoms with Gasteiger partial charge in [0.2, 0.25) is 0 Å². The number of carbonyl (C=O) groups is 2. The lowest BCUT2D eigenvalue weighted by Crippen LogP contribution is -2.43. The second-order valence-corrected chi connectivity index (χ2v) is 7.28. The Hall–Kier alpha value is -3.08. The van der Waals surface area contributed by atoms with Gasteiger partial charge in [-0.05, 0) is 68.7 Å². The summed E-state index contributed by atoms with van der Waals surface area (Å²) in [5.74, 6) is -0.364. The van der Waals surface area contributed by atoms with Crippen LogP contribution in [0.25, 0.3) is 5.57 Å². The standard InChI is InChI=1S/C23H28N2O3/c1-6-14-28-21(26)17-10-12-20(13-11-17)24-22(27)25-23(4,5)19-9-7-8-18(15-19)16(2)3/h7-13,15H,2,6,14H2,1,3-5H3,(H2,24,25,27). The monoisotopic (exact) mass is 380 g/mol. The Labute approximate surface area is 166 Å². The molecule has 0 aliphatic heterocycles. The molecule has 0 saturated carbocycles. The number of allylic oxidation sites excluding steroid dienone is 1. The minimum Gasteiger partial charge on any atom is -0.462 e. The summed E-state index contributed by atoms with van der Waals surface area (Å²) < 4.78 is 5.09. The molecule has 0 radical (unpaired) electrons. The highest BCUT2D eigenvalue weighted by atomic mass is 16.5. The van der Waals surface area contributed by atoms with Crippen molar-refractivity contribution < 1.29 is 14.3 Å². The maximum absolute atomic E-state index is 12.4. The average molecular weight is 380 g/mol. The quantitative estimate of drug-likeness (QED) is 0.637. The van der Waals surface area contributed by atoms with Gasteiger partial charge in [0, 0.05) is 5.69 Å². The normalized spacial score (nSPS) is 10.9. The first-order valence-corrected chi connectivity index (χ1v) is 9.35. The Morgan fingerprint density at radius 2 is 1.75 bits per heavy atom. The third-order valence-corrected chi connectivity index (χ3v) is 4.32. The molecule has 2 aromatic rings. The molecular formula is C23H28N2O3. The van der Waals surface area contributed by atoms with Crippen molar-refractivity contribution in [2.45, 2.75) is 39.7 Å². The Balaban J connectivity index is 2.02. The molecule has 5 nitrogen and oxygen atoms in total. The Bertz CT molecular complexity index is 854. The summed E-state index contributed by atoms with van der Waals surface area (Å²) in [5.41, 5.74) is 3.47. The van der Waals surface area contributed by atoms with E-state index in [1.807, 2.05) is 52.0 Å². The minimum absolute atomic E-state index is 0.327. The molecule has 0 saturated heterocycles. The first-order chi connectivity index (χ1) is 13.2. The number of ether oxygens (including phenoxy) is 1. The van der Waals surface area contributed by atoms with Crippen molar-refractivity contribution in [2.24, 2.45) is 0 Å². The summed E-state index contributed by atoms with van der Waals surface area (Å²) in [5, 5.41) is 5.78. The van der Waals surface area contributed by atoms with Crippen LogP contribution >= 0.6 is 0 Å². The number of anilines is 1. The van der Waals surface area contributed by atoms with E-state index in [1.54, 1.807) is 24.3 Å². The van der Waals surface area contributed by atoms with E-state index in [0.29, 0.717) is 17.9 Å². The van der Waals surface area contributed by atoms with Gasteiger partial charge in [0.05, 0.1) is 17.7 Å². The molecule has 0 aliphatic rings. The van der Waals surface area contributed by atoms with Gasteiger partial charge in [0.25, 0.3) is 0 Å². The number of hydrogen-bond acceptors (Lipinski definition) is 3. The summed E-state index contributed by atoms with van der Waals surface area (Å²) in [6.45, 7) is 12.1. The molecule has 0 aliphatic carbocycles. The predicted molar refractivity (Wildman–Crippen MR) is 113 cm³/mol. The molecule has 0 heterocycles. The van der Waals surface area contributed by atoms with Crippen LogP contribution in [0.1, 0.15) is 55.6 Å².